The third-order valence-electron chi connectivity index (χ3n) is 1.95. The molecule has 1 saturated heterocycles. The summed E-state index contributed by atoms with van der Waals surface area (Å²) < 4.78 is 0. The van der Waals surface area contributed by atoms with E-state index in [1.807, 2.05) is 0 Å². The quantitative estimate of drug-likeness (QED) is 0.506. The zero-order valence-electron chi connectivity index (χ0n) is 5.79. The first kappa shape index (κ1) is 10.2. The molecule has 0 saturated carbocycles. The molecule has 1 fully saturated rings. The average Bonchev–Trinajstić information content (AvgIpc) is 2.33. The lowest BCUT2D eigenvalue weighted by molar-refractivity contribution is 0.152. The van der Waals surface area contributed by atoms with Gasteiger partial charge in [-0.3, -0.25) is 0 Å². The summed E-state index contributed by atoms with van der Waals surface area (Å²) in [4.78, 5) is 0. The van der Waals surface area contributed by atoms with E-state index in [-0.39, 0.29) is 37.5 Å². The van der Waals surface area contributed by atoms with E-state index >= 15 is 0 Å². The topological polar surface area (TPSA) is 52.5 Å². The van der Waals surface area contributed by atoms with Crippen LogP contribution in [0.25, 0.3) is 0 Å². The van der Waals surface area contributed by atoms with Crippen molar-refractivity contribution in [3.8, 4) is 0 Å². The van der Waals surface area contributed by atoms with Gasteiger partial charge in [0.15, 0.2) is 0 Å². The summed E-state index contributed by atoms with van der Waals surface area (Å²) in [6, 6.07) is 0. The van der Waals surface area contributed by atoms with Crippen LogP contribution in [-0.4, -0.2) is 36.5 Å². The Kier molecular flexibility index (Phi) is 4.99. The van der Waals surface area contributed by atoms with Crippen LogP contribution in [0.4, 0.5) is 0 Å². The molecule has 0 radical (unpaired) electrons. The Morgan fingerprint density at radius 3 is 1.80 bits per heavy atom. The van der Waals surface area contributed by atoms with Gasteiger partial charge in [0.25, 0.3) is 0 Å². The Morgan fingerprint density at radius 1 is 1.10 bits per heavy atom. The number of hydrogen-bond acceptors (Lipinski definition) is 3. The standard InChI is InChI=1S/C6H13NO2.ClH/c8-3-5-1-7-2-6(5)4-9;/h5-9H,1-4H2;1H/t5-,6+;. The van der Waals surface area contributed by atoms with Crippen molar-refractivity contribution in [3.05, 3.63) is 0 Å². The first-order valence-electron chi connectivity index (χ1n) is 3.31. The average molecular weight is 168 g/mol. The zero-order valence-corrected chi connectivity index (χ0v) is 6.60. The van der Waals surface area contributed by atoms with Gasteiger partial charge in [-0.25, -0.2) is 0 Å². The van der Waals surface area contributed by atoms with E-state index in [2.05, 4.69) is 5.32 Å². The van der Waals surface area contributed by atoms with E-state index in [1.165, 1.54) is 0 Å². The summed E-state index contributed by atoms with van der Waals surface area (Å²) >= 11 is 0. The minimum Gasteiger partial charge on any atom is -0.396 e. The maximum absolute atomic E-state index is 8.72. The van der Waals surface area contributed by atoms with Crippen LogP contribution >= 0.6 is 12.4 Å². The van der Waals surface area contributed by atoms with Crippen LogP contribution in [0.3, 0.4) is 0 Å². The monoisotopic (exact) mass is 167 g/mol. The fraction of sp³-hybridized carbons (Fsp3) is 1.00. The van der Waals surface area contributed by atoms with Crippen LogP contribution in [0, 0.1) is 11.8 Å². The minimum absolute atomic E-state index is 0. The SMILES string of the molecule is Cl.OC[C@@H]1CNC[C@@H]1CO. The summed E-state index contributed by atoms with van der Waals surface area (Å²) in [5, 5.41) is 20.5. The Balaban J connectivity index is 0.000000810. The second-order valence-electron chi connectivity index (χ2n) is 2.54. The maximum Gasteiger partial charge on any atom is 0.0475 e. The van der Waals surface area contributed by atoms with Gasteiger partial charge in [-0.2, -0.15) is 0 Å². The Bertz CT molecular complexity index is 81.8. The van der Waals surface area contributed by atoms with E-state index in [9.17, 15) is 0 Å². The number of rotatable bonds is 2. The number of aliphatic hydroxyl groups is 2. The summed E-state index contributed by atoms with van der Waals surface area (Å²) in [5.41, 5.74) is 0. The third-order valence-corrected chi connectivity index (χ3v) is 1.95. The molecule has 4 heteroatoms. The van der Waals surface area contributed by atoms with E-state index in [1.54, 1.807) is 0 Å². The second-order valence-corrected chi connectivity index (χ2v) is 2.54. The molecule has 1 rings (SSSR count). The highest BCUT2D eigenvalue weighted by molar-refractivity contribution is 5.85. The van der Waals surface area contributed by atoms with Crippen LogP contribution in [0.15, 0.2) is 0 Å². The van der Waals surface area contributed by atoms with E-state index in [0.29, 0.717) is 0 Å². The van der Waals surface area contributed by atoms with Crippen molar-refractivity contribution in [2.75, 3.05) is 26.3 Å². The van der Waals surface area contributed by atoms with Crippen molar-refractivity contribution in [2.45, 2.75) is 0 Å². The Labute approximate surface area is 66.8 Å². The fourth-order valence-electron chi connectivity index (χ4n) is 1.21. The predicted octanol–water partition coefficient (Wildman–Crippen LogP) is -0.772. The summed E-state index contributed by atoms with van der Waals surface area (Å²) in [6.45, 7) is 2.08. The van der Waals surface area contributed by atoms with Crippen molar-refractivity contribution < 1.29 is 10.2 Å². The van der Waals surface area contributed by atoms with Gasteiger partial charge in [0, 0.05) is 38.1 Å². The van der Waals surface area contributed by atoms with Crippen molar-refractivity contribution in [1.82, 2.24) is 5.32 Å². The number of hydrogen-bond donors (Lipinski definition) is 3. The molecule has 0 aliphatic carbocycles. The molecule has 62 valence electrons. The summed E-state index contributed by atoms with van der Waals surface area (Å²) in [5.74, 6) is 0.546. The molecule has 3 nitrogen and oxygen atoms in total. The van der Waals surface area contributed by atoms with Gasteiger partial charge in [-0.05, 0) is 0 Å². The molecule has 2 atom stereocenters. The number of halogens is 1. The third kappa shape index (κ3) is 2.09. The van der Waals surface area contributed by atoms with Crippen molar-refractivity contribution >= 4 is 12.4 Å². The van der Waals surface area contributed by atoms with Crippen molar-refractivity contribution in [3.63, 3.8) is 0 Å². The summed E-state index contributed by atoms with van der Waals surface area (Å²) in [6.07, 6.45) is 0. The minimum atomic E-state index is 0. The van der Waals surface area contributed by atoms with Gasteiger partial charge in [-0.1, -0.05) is 0 Å². The van der Waals surface area contributed by atoms with Gasteiger partial charge in [0.05, 0.1) is 0 Å². The van der Waals surface area contributed by atoms with Crippen LogP contribution in [0.1, 0.15) is 0 Å². The second kappa shape index (κ2) is 4.91. The van der Waals surface area contributed by atoms with Crippen molar-refractivity contribution in [1.29, 1.82) is 0 Å². The molecule has 0 amide bonds. The van der Waals surface area contributed by atoms with Crippen LogP contribution in [0.2, 0.25) is 0 Å². The highest BCUT2D eigenvalue weighted by Crippen LogP contribution is 2.14. The lowest BCUT2D eigenvalue weighted by Gasteiger charge is -2.11. The summed E-state index contributed by atoms with van der Waals surface area (Å²) in [7, 11) is 0. The molecule has 10 heavy (non-hydrogen) atoms. The maximum atomic E-state index is 8.72. The molecule has 1 aliphatic heterocycles. The van der Waals surface area contributed by atoms with E-state index in [0.717, 1.165) is 13.1 Å². The molecule has 3 N–H and O–H groups in total. The highest BCUT2D eigenvalue weighted by atomic mass is 35.5. The lowest BCUT2D eigenvalue weighted by atomic mass is 9.98. The van der Waals surface area contributed by atoms with Gasteiger partial charge < -0.3 is 15.5 Å². The fourth-order valence-corrected chi connectivity index (χ4v) is 1.21. The first-order chi connectivity index (χ1) is 4.38. The smallest absolute Gasteiger partial charge is 0.0475 e. The number of nitrogens with one attached hydrogen (secondary N) is 1. The molecule has 0 aromatic carbocycles. The van der Waals surface area contributed by atoms with E-state index < -0.39 is 0 Å². The molecular weight excluding hydrogens is 154 g/mol. The van der Waals surface area contributed by atoms with Crippen LogP contribution in [-0.2, 0) is 0 Å². The molecule has 1 aliphatic rings. The van der Waals surface area contributed by atoms with Gasteiger partial charge in [-0.15, -0.1) is 12.4 Å². The largest absolute Gasteiger partial charge is 0.396 e. The van der Waals surface area contributed by atoms with E-state index in [4.69, 9.17) is 10.2 Å². The van der Waals surface area contributed by atoms with Crippen LogP contribution in [0.5, 0.6) is 0 Å². The first-order valence-corrected chi connectivity index (χ1v) is 3.31. The van der Waals surface area contributed by atoms with Gasteiger partial charge >= 0.3 is 0 Å². The normalized spacial score (nSPS) is 31.8. The molecule has 0 spiro atoms. The lowest BCUT2D eigenvalue weighted by Crippen LogP contribution is -2.19. The molecule has 0 aromatic rings. The molecule has 0 aromatic heterocycles. The molecular formula is C6H14ClNO2. The van der Waals surface area contributed by atoms with Crippen LogP contribution < -0.4 is 5.32 Å². The molecule has 1 heterocycles. The number of aliphatic hydroxyl groups excluding tert-OH is 2. The molecule has 0 unspecified atom stereocenters. The zero-order chi connectivity index (χ0) is 6.69. The van der Waals surface area contributed by atoms with Crippen molar-refractivity contribution in [2.24, 2.45) is 11.8 Å². The van der Waals surface area contributed by atoms with Gasteiger partial charge in [0.1, 0.15) is 0 Å². The highest BCUT2D eigenvalue weighted by Gasteiger charge is 2.24. The Hall–Kier alpha value is 0.170. The molecule has 0 bridgehead atoms. The Morgan fingerprint density at radius 2 is 1.50 bits per heavy atom. The van der Waals surface area contributed by atoms with Gasteiger partial charge in [0.2, 0.25) is 0 Å². The predicted molar refractivity (Wildman–Crippen MR) is 41.3 cm³/mol.